The molecule has 0 atom stereocenters. The second kappa shape index (κ2) is 8.04. The predicted molar refractivity (Wildman–Crippen MR) is 127 cm³/mol. The third kappa shape index (κ3) is 3.86. The van der Waals surface area contributed by atoms with Crippen LogP contribution in [0.15, 0.2) is 65.6 Å². The van der Waals surface area contributed by atoms with Gasteiger partial charge in [0.15, 0.2) is 0 Å². The summed E-state index contributed by atoms with van der Waals surface area (Å²) in [6, 6.07) is 17.8. The van der Waals surface area contributed by atoms with Crippen LogP contribution >= 0.6 is 11.6 Å². The highest BCUT2D eigenvalue weighted by Crippen LogP contribution is 2.31. The summed E-state index contributed by atoms with van der Waals surface area (Å²) >= 11 is 6.10. The summed E-state index contributed by atoms with van der Waals surface area (Å²) in [7, 11) is 1.91. The molecule has 0 radical (unpaired) electrons. The van der Waals surface area contributed by atoms with Gasteiger partial charge < -0.3 is 14.8 Å². The predicted octanol–water partition coefficient (Wildman–Crippen LogP) is 5.01. The quantitative estimate of drug-likeness (QED) is 0.492. The number of benzene rings is 2. The minimum atomic E-state index is -0.408. The number of H-pyrrole nitrogens is 1. The molecule has 0 aliphatic carbocycles. The van der Waals surface area contributed by atoms with Gasteiger partial charge in [0, 0.05) is 48.0 Å². The van der Waals surface area contributed by atoms with E-state index in [0.717, 1.165) is 41.1 Å². The molecule has 7 heteroatoms. The van der Waals surface area contributed by atoms with Crippen LogP contribution in [0.25, 0.3) is 22.0 Å². The van der Waals surface area contributed by atoms with Gasteiger partial charge in [0.25, 0.3) is 0 Å². The fraction of sp³-hybridized carbons (Fsp3) is 0.208. The minimum absolute atomic E-state index is 0.408. The summed E-state index contributed by atoms with van der Waals surface area (Å²) in [6.07, 6.45) is 4.39. The summed E-state index contributed by atoms with van der Waals surface area (Å²) in [6.45, 7) is 2.16. The molecule has 5 rings (SSSR count). The number of aromatic nitrogens is 3. The lowest BCUT2D eigenvalue weighted by atomic mass is 10.1. The second-order valence-corrected chi connectivity index (χ2v) is 8.20. The van der Waals surface area contributed by atoms with Gasteiger partial charge in [-0.3, -0.25) is 0 Å². The van der Waals surface area contributed by atoms with Crippen molar-refractivity contribution < 1.29 is 0 Å². The molecule has 2 aromatic carbocycles. The lowest BCUT2D eigenvalue weighted by Crippen LogP contribution is -2.19. The van der Waals surface area contributed by atoms with E-state index in [9.17, 15) is 4.79 Å². The van der Waals surface area contributed by atoms with Crippen molar-refractivity contribution in [2.75, 3.05) is 29.9 Å². The standard InChI is InChI=1S/C24H22ClN5O/c1-29(23-20-9-8-18(25)14-21(20)27-24(31)28-23)19-6-4-5-16(13-19)17-7-10-22(26-15-17)30-11-2-3-12-30/h4-10,13-15H,2-3,11-12H2,1H3,(H,27,28,31). The molecule has 0 bridgehead atoms. The molecule has 1 N–H and O–H groups in total. The van der Waals surface area contributed by atoms with E-state index in [2.05, 4.69) is 44.1 Å². The number of rotatable bonds is 4. The zero-order chi connectivity index (χ0) is 21.4. The van der Waals surface area contributed by atoms with E-state index >= 15 is 0 Å². The molecule has 3 heterocycles. The summed E-state index contributed by atoms with van der Waals surface area (Å²) < 4.78 is 0. The highest BCUT2D eigenvalue weighted by Gasteiger charge is 2.15. The van der Waals surface area contributed by atoms with Crippen LogP contribution < -0.4 is 15.5 Å². The number of nitrogens with zero attached hydrogens (tertiary/aromatic N) is 4. The van der Waals surface area contributed by atoms with Crippen LogP contribution in [0.3, 0.4) is 0 Å². The molecule has 31 heavy (non-hydrogen) atoms. The van der Waals surface area contributed by atoms with E-state index in [4.69, 9.17) is 11.6 Å². The molecule has 0 saturated carbocycles. The minimum Gasteiger partial charge on any atom is -0.357 e. The largest absolute Gasteiger partial charge is 0.357 e. The van der Waals surface area contributed by atoms with Crippen molar-refractivity contribution in [3.63, 3.8) is 0 Å². The first kappa shape index (κ1) is 19.6. The molecule has 1 saturated heterocycles. The maximum Gasteiger partial charge on any atom is 0.347 e. The van der Waals surface area contributed by atoms with E-state index in [-0.39, 0.29) is 0 Å². The number of aromatic amines is 1. The Labute approximate surface area is 185 Å². The first-order valence-electron chi connectivity index (χ1n) is 10.3. The highest BCUT2D eigenvalue weighted by atomic mass is 35.5. The topological polar surface area (TPSA) is 65.1 Å². The van der Waals surface area contributed by atoms with E-state index in [1.54, 1.807) is 12.1 Å². The van der Waals surface area contributed by atoms with Crippen LogP contribution in [-0.2, 0) is 0 Å². The van der Waals surface area contributed by atoms with E-state index < -0.39 is 5.69 Å². The maximum atomic E-state index is 12.1. The number of halogens is 1. The van der Waals surface area contributed by atoms with Crippen molar-refractivity contribution in [3.8, 4) is 11.1 Å². The van der Waals surface area contributed by atoms with Crippen molar-refractivity contribution >= 4 is 39.8 Å². The van der Waals surface area contributed by atoms with Gasteiger partial charge in [-0.15, -0.1) is 0 Å². The Bertz CT molecular complexity index is 1300. The number of pyridine rings is 1. The van der Waals surface area contributed by atoms with Gasteiger partial charge in [-0.25, -0.2) is 9.78 Å². The zero-order valence-corrected chi connectivity index (χ0v) is 17.9. The van der Waals surface area contributed by atoms with Crippen LogP contribution in [0.5, 0.6) is 0 Å². The summed E-state index contributed by atoms with van der Waals surface area (Å²) in [5.41, 5.74) is 3.29. The molecular weight excluding hydrogens is 410 g/mol. The molecule has 1 aliphatic rings. The number of hydrogen-bond donors (Lipinski definition) is 1. The van der Waals surface area contributed by atoms with Crippen LogP contribution in [0.2, 0.25) is 5.02 Å². The van der Waals surface area contributed by atoms with Crippen molar-refractivity contribution in [3.05, 3.63) is 76.3 Å². The van der Waals surface area contributed by atoms with Gasteiger partial charge in [-0.05, 0) is 60.9 Å². The Morgan fingerprint density at radius 2 is 1.87 bits per heavy atom. The lowest BCUT2D eigenvalue weighted by Gasteiger charge is -2.21. The first-order chi connectivity index (χ1) is 15.1. The highest BCUT2D eigenvalue weighted by molar-refractivity contribution is 6.31. The molecule has 0 unspecified atom stereocenters. The number of hydrogen-bond acceptors (Lipinski definition) is 5. The maximum absolute atomic E-state index is 12.1. The molecule has 2 aromatic heterocycles. The van der Waals surface area contributed by atoms with Crippen LogP contribution in [0.4, 0.5) is 17.3 Å². The molecule has 1 aliphatic heterocycles. The van der Waals surface area contributed by atoms with Gasteiger partial charge >= 0.3 is 5.69 Å². The molecule has 6 nitrogen and oxygen atoms in total. The van der Waals surface area contributed by atoms with Crippen LogP contribution in [0.1, 0.15) is 12.8 Å². The molecule has 1 fully saturated rings. The zero-order valence-electron chi connectivity index (χ0n) is 17.2. The van der Waals surface area contributed by atoms with Gasteiger partial charge in [0.1, 0.15) is 11.6 Å². The number of nitrogens with one attached hydrogen (secondary N) is 1. The van der Waals surface area contributed by atoms with Crippen molar-refractivity contribution in [1.82, 2.24) is 15.0 Å². The first-order valence-corrected chi connectivity index (χ1v) is 10.7. The summed E-state index contributed by atoms with van der Waals surface area (Å²) in [5, 5.41) is 1.39. The Hall–Kier alpha value is -3.38. The molecular formula is C24H22ClN5O. The molecule has 0 amide bonds. The van der Waals surface area contributed by atoms with Crippen LogP contribution in [-0.4, -0.2) is 35.1 Å². The van der Waals surface area contributed by atoms with E-state index in [0.29, 0.717) is 16.4 Å². The lowest BCUT2D eigenvalue weighted by molar-refractivity contribution is 0.938. The van der Waals surface area contributed by atoms with Gasteiger partial charge in [0.2, 0.25) is 0 Å². The van der Waals surface area contributed by atoms with Crippen molar-refractivity contribution in [1.29, 1.82) is 0 Å². The number of anilines is 3. The Morgan fingerprint density at radius 3 is 2.65 bits per heavy atom. The van der Waals surface area contributed by atoms with Crippen molar-refractivity contribution in [2.24, 2.45) is 0 Å². The third-order valence-electron chi connectivity index (χ3n) is 5.73. The normalized spacial score (nSPS) is 13.7. The second-order valence-electron chi connectivity index (χ2n) is 7.76. The molecule has 156 valence electrons. The van der Waals surface area contributed by atoms with E-state index in [1.807, 2.05) is 36.3 Å². The molecule has 4 aromatic rings. The molecule has 0 spiro atoms. The van der Waals surface area contributed by atoms with Crippen molar-refractivity contribution in [2.45, 2.75) is 12.8 Å². The van der Waals surface area contributed by atoms with Gasteiger partial charge in [-0.2, -0.15) is 4.98 Å². The summed E-state index contributed by atoms with van der Waals surface area (Å²) in [4.78, 5) is 28.0. The average molecular weight is 432 g/mol. The SMILES string of the molecule is CN(c1cccc(-c2ccc(N3CCCC3)nc2)c1)c1nc(=O)[nH]c2cc(Cl)ccc12. The summed E-state index contributed by atoms with van der Waals surface area (Å²) in [5.74, 6) is 1.61. The van der Waals surface area contributed by atoms with Gasteiger partial charge in [-0.1, -0.05) is 23.7 Å². The Morgan fingerprint density at radius 1 is 1.03 bits per heavy atom. The van der Waals surface area contributed by atoms with Gasteiger partial charge in [0.05, 0.1) is 5.52 Å². The fourth-order valence-corrected chi connectivity index (χ4v) is 4.25. The third-order valence-corrected chi connectivity index (χ3v) is 5.97. The van der Waals surface area contributed by atoms with E-state index in [1.165, 1.54) is 12.8 Å². The fourth-order valence-electron chi connectivity index (χ4n) is 4.08. The Balaban J connectivity index is 1.49. The number of fused-ring (bicyclic) bond motifs is 1. The monoisotopic (exact) mass is 431 g/mol. The smallest absolute Gasteiger partial charge is 0.347 e. The average Bonchev–Trinajstić information content (AvgIpc) is 3.33. The van der Waals surface area contributed by atoms with Crippen LogP contribution in [0, 0.1) is 0 Å². The Kier molecular flexibility index (Phi) is 5.08.